The third-order valence-corrected chi connectivity index (χ3v) is 2.55. The smallest absolute Gasteiger partial charge is 0.148 e. The standard InChI is InChI=1S/C11H12BrN3O/c1-13-4-5-16-10-2-3-14-9-6-8(12)7-15-11(9)10/h2-3,6-7,13H,4-5H2,1H3. The zero-order chi connectivity index (χ0) is 11.4. The fourth-order valence-electron chi connectivity index (χ4n) is 1.36. The predicted octanol–water partition coefficient (Wildman–Crippen LogP) is 1.99. The van der Waals surface area contributed by atoms with E-state index in [0.717, 1.165) is 27.8 Å². The van der Waals surface area contributed by atoms with Crippen LogP contribution in [-0.2, 0) is 0 Å². The minimum atomic E-state index is 0.618. The average Bonchev–Trinajstić information content (AvgIpc) is 2.29. The van der Waals surface area contributed by atoms with Crippen LogP contribution in [0.3, 0.4) is 0 Å². The molecule has 2 aromatic rings. The van der Waals surface area contributed by atoms with Gasteiger partial charge in [-0.25, -0.2) is 4.98 Å². The third-order valence-electron chi connectivity index (χ3n) is 2.12. The summed E-state index contributed by atoms with van der Waals surface area (Å²) in [6.45, 7) is 1.42. The molecule has 2 aromatic heterocycles. The van der Waals surface area contributed by atoms with E-state index in [1.165, 1.54) is 0 Å². The summed E-state index contributed by atoms with van der Waals surface area (Å²) in [5.74, 6) is 0.771. The van der Waals surface area contributed by atoms with Crippen molar-refractivity contribution in [1.82, 2.24) is 15.3 Å². The first-order valence-corrected chi connectivity index (χ1v) is 5.78. The van der Waals surface area contributed by atoms with E-state index in [0.29, 0.717) is 6.61 Å². The molecule has 5 heteroatoms. The number of likely N-dealkylation sites (N-methyl/N-ethyl adjacent to an activating group) is 1. The Kier molecular flexibility index (Phi) is 3.69. The van der Waals surface area contributed by atoms with Gasteiger partial charge in [-0.2, -0.15) is 0 Å². The molecule has 0 atom stereocenters. The predicted molar refractivity (Wildman–Crippen MR) is 66.7 cm³/mol. The van der Waals surface area contributed by atoms with Gasteiger partial charge in [-0.1, -0.05) is 0 Å². The lowest BCUT2D eigenvalue weighted by atomic mass is 10.3. The van der Waals surface area contributed by atoms with Gasteiger partial charge in [0.2, 0.25) is 0 Å². The molecule has 0 saturated heterocycles. The molecule has 0 fully saturated rings. The molecule has 1 N–H and O–H groups in total. The molecule has 2 heterocycles. The monoisotopic (exact) mass is 281 g/mol. The van der Waals surface area contributed by atoms with E-state index in [-0.39, 0.29) is 0 Å². The van der Waals surface area contributed by atoms with Gasteiger partial charge in [0, 0.05) is 29.5 Å². The molecule has 0 amide bonds. The zero-order valence-electron chi connectivity index (χ0n) is 8.90. The molecule has 0 aromatic carbocycles. The van der Waals surface area contributed by atoms with Crippen LogP contribution in [0.25, 0.3) is 11.0 Å². The summed E-state index contributed by atoms with van der Waals surface area (Å²) in [7, 11) is 1.89. The molecule has 0 saturated carbocycles. The third kappa shape index (κ3) is 2.48. The summed E-state index contributed by atoms with van der Waals surface area (Å²) < 4.78 is 6.54. The van der Waals surface area contributed by atoms with Gasteiger partial charge in [-0.3, -0.25) is 4.98 Å². The number of fused-ring (bicyclic) bond motifs is 1. The van der Waals surface area contributed by atoms with Gasteiger partial charge >= 0.3 is 0 Å². The number of hydrogen-bond donors (Lipinski definition) is 1. The van der Waals surface area contributed by atoms with E-state index < -0.39 is 0 Å². The van der Waals surface area contributed by atoms with Crippen LogP contribution in [0.1, 0.15) is 0 Å². The van der Waals surface area contributed by atoms with Crippen molar-refractivity contribution in [1.29, 1.82) is 0 Å². The van der Waals surface area contributed by atoms with Crippen molar-refractivity contribution < 1.29 is 4.74 Å². The number of aromatic nitrogens is 2. The van der Waals surface area contributed by atoms with Crippen molar-refractivity contribution in [2.24, 2.45) is 0 Å². The van der Waals surface area contributed by atoms with E-state index in [1.54, 1.807) is 12.4 Å². The van der Waals surface area contributed by atoms with Crippen LogP contribution in [0.5, 0.6) is 5.75 Å². The second kappa shape index (κ2) is 5.23. The molecular weight excluding hydrogens is 270 g/mol. The molecule has 0 aliphatic carbocycles. The van der Waals surface area contributed by atoms with Crippen molar-refractivity contribution in [3.63, 3.8) is 0 Å². The lowest BCUT2D eigenvalue weighted by Gasteiger charge is -2.07. The molecule has 0 aliphatic rings. The van der Waals surface area contributed by atoms with Crippen LogP contribution in [0.15, 0.2) is 29.0 Å². The highest BCUT2D eigenvalue weighted by Gasteiger charge is 2.04. The Balaban J connectivity index is 2.30. The zero-order valence-corrected chi connectivity index (χ0v) is 10.5. The Morgan fingerprint density at radius 2 is 2.31 bits per heavy atom. The van der Waals surface area contributed by atoms with Gasteiger partial charge in [-0.05, 0) is 29.0 Å². The first-order valence-electron chi connectivity index (χ1n) is 4.99. The van der Waals surface area contributed by atoms with Crippen molar-refractivity contribution in [3.05, 3.63) is 29.0 Å². The number of nitrogens with one attached hydrogen (secondary N) is 1. The van der Waals surface area contributed by atoms with Crippen LogP contribution in [-0.4, -0.2) is 30.2 Å². The van der Waals surface area contributed by atoms with E-state index in [2.05, 4.69) is 31.2 Å². The summed E-state index contributed by atoms with van der Waals surface area (Å²) in [5, 5.41) is 3.03. The molecule has 0 bridgehead atoms. The molecule has 0 radical (unpaired) electrons. The van der Waals surface area contributed by atoms with Gasteiger partial charge in [-0.15, -0.1) is 0 Å². The molecule has 0 aliphatic heterocycles. The van der Waals surface area contributed by atoms with Crippen LogP contribution < -0.4 is 10.1 Å². The number of hydrogen-bond acceptors (Lipinski definition) is 4. The maximum absolute atomic E-state index is 5.62. The summed E-state index contributed by atoms with van der Waals surface area (Å²) in [6.07, 6.45) is 3.47. The molecule has 2 rings (SSSR count). The number of halogens is 1. The Hall–Kier alpha value is -1.20. The lowest BCUT2D eigenvalue weighted by molar-refractivity contribution is 0.321. The van der Waals surface area contributed by atoms with E-state index in [9.17, 15) is 0 Å². The highest BCUT2D eigenvalue weighted by Crippen LogP contribution is 2.23. The van der Waals surface area contributed by atoms with Crippen LogP contribution >= 0.6 is 15.9 Å². The van der Waals surface area contributed by atoms with Crippen molar-refractivity contribution in [2.45, 2.75) is 0 Å². The van der Waals surface area contributed by atoms with Gasteiger partial charge in [0.15, 0.2) is 0 Å². The van der Waals surface area contributed by atoms with Crippen molar-refractivity contribution in [3.8, 4) is 5.75 Å². The lowest BCUT2D eigenvalue weighted by Crippen LogP contribution is -2.16. The second-order valence-corrected chi connectivity index (χ2v) is 4.20. The summed E-state index contributed by atoms with van der Waals surface area (Å²) in [4.78, 5) is 8.55. The van der Waals surface area contributed by atoms with Gasteiger partial charge in [0.05, 0.1) is 5.52 Å². The van der Waals surface area contributed by atoms with Gasteiger partial charge < -0.3 is 10.1 Å². The van der Waals surface area contributed by atoms with Crippen LogP contribution in [0.4, 0.5) is 0 Å². The molecule has 0 unspecified atom stereocenters. The number of nitrogens with zero attached hydrogens (tertiary/aromatic N) is 2. The highest BCUT2D eigenvalue weighted by atomic mass is 79.9. The summed E-state index contributed by atoms with van der Waals surface area (Å²) >= 11 is 3.37. The number of ether oxygens (including phenoxy) is 1. The molecule has 84 valence electrons. The van der Waals surface area contributed by atoms with Crippen molar-refractivity contribution >= 4 is 27.0 Å². The van der Waals surface area contributed by atoms with Gasteiger partial charge in [0.25, 0.3) is 0 Å². The normalized spacial score (nSPS) is 10.6. The second-order valence-electron chi connectivity index (χ2n) is 3.28. The maximum atomic E-state index is 5.62. The molecule has 16 heavy (non-hydrogen) atoms. The SMILES string of the molecule is CNCCOc1ccnc2cc(Br)cnc12. The molecular formula is C11H12BrN3O. The minimum absolute atomic E-state index is 0.618. The topological polar surface area (TPSA) is 47.0 Å². The number of rotatable bonds is 4. The Bertz CT molecular complexity index is 490. The van der Waals surface area contributed by atoms with Crippen LogP contribution in [0, 0.1) is 0 Å². The van der Waals surface area contributed by atoms with E-state index in [1.807, 2.05) is 19.2 Å². The van der Waals surface area contributed by atoms with Gasteiger partial charge in [0.1, 0.15) is 17.9 Å². The first-order chi connectivity index (χ1) is 7.81. The summed E-state index contributed by atoms with van der Waals surface area (Å²) in [6, 6.07) is 3.76. The molecule has 0 spiro atoms. The van der Waals surface area contributed by atoms with E-state index in [4.69, 9.17) is 4.74 Å². The van der Waals surface area contributed by atoms with Crippen LogP contribution in [0.2, 0.25) is 0 Å². The first kappa shape index (κ1) is 11.3. The number of pyridine rings is 2. The molecule has 4 nitrogen and oxygen atoms in total. The Morgan fingerprint density at radius 3 is 3.12 bits per heavy atom. The summed E-state index contributed by atoms with van der Waals surface area (Å²) in [5.41, 5.74) is 1.62. The Morgan fingerprint density at radius 1 is 1.44 bits per heavy atom. The fraction of sp³-hybridized carbons (Fsp3) is 0.273. The minimum Gasteiger partial charge on any atom is -0.490 e. The quantitative estimate of drug-likeness (QED) is 0.871. The fourth-order valence-corrected chi connectivity index (χ4v) is 1.68. The van der Waals surface area contributed by atoms with E-state index >= 15 is 0 Å². The largest absolute Gasteiger partial charge is 0.490 e. The average molecular weight is 282 g/mol. The van der Waals surface area contributed by atoms with Crippen molar-refractivity contribution in [2.75, 3.05) is 20.2 Å². The Labute approximate surface area is 102 Å². The maximum Gasteiger partial charge on any atom is 0.148 e. The highest BCUT2D eigenvalue weighted by molar-refractivity contribution is 9.10.